The van der Waals surface area contributed by atoms with Crippen LogP contribution in [0.15, 0.2) is 34.7 Å². The van der Waals surface area contributed by atoms with Gasteiger partial charge < -0.3 is 19.2 Å². The molecule has 0 fully saturated rings. The zero-order valence-corrected chi connectivity index (χ0v) is 13.2. The van der Waals surface area contributed by atoms with Gasteiger partial charge in [-0.1, -0.05) is 0 Å². The molecule has 0 saturated carbocycles. The Balaban J connectivity index is 1.97. The van der Waals surface area contributed by atoms with Crippen LogP contribution >= 0.6 is 0 Å². The summed E-state index contributed by atoms with van der Waals surface area (Å²) < 4.78 is 14.3. The number of non-ortho nitro benzene ring substituents is 1. The predicted octanol–water partition coefficient (Wildman–Crippen LogP) is 1.90. The minimum Gasteiger partial charge on any atom is -0.494 e. The number of nitro groups is 2. The second-order valence-electron chi connectivity index (χ2n) is 4.66. The summed E-state index contributed by atoms with van der Waals surface area (Å²) in [7, 11) is 1.26. The van der Waals surface area contributed by atoms with Gasteiger partial charge in [0.25, 0.3) is 11.6 Å². The van der Waals surface area contributed by atoms with E-state index in [-0.39, 0.29) is 17.1 Å². The molecular weight excluding hydrogens is 354 g/mol. The number of anilines is 1. The zero-order valence-electron chi connectivity index (χ0n) is 13.2. The summed E-state index contributed by atoms with van der Waals surface area (Å²) >= 11 is 0. The third-order valence-electron chi connectivity index (χ3n) is 2.98. The molecule has 0 radical (unpaired) electrons. The van der Waals surface area contributed by atoms with Crippen molar-refractivity contribution in [2.24, 2.45) is 0 Å². The smallest absolute Gasteiger partial charge is 0.433 e. The van der Waals surface area contributed by atoms with Crippen molar-refractivity contribution in [1.29, 1.82) is 0 Å². The molecule has 0 saturated heterocycles. The molecule has 0 unspecified atom stereocenters. The maximum absolute atomic E-state index is 11.8. The molecule has 0 atom stereocenters. The lowest BCUT2D eigenvalue weighted by Gasteiger charge is -2.10. The molecule has 1 aromatic carbocycles. The first kappa shape index (κ1) is 18.4. The van der Waals surface area contributed by atoms with Crippen molar-refractivity contribution in [3.05, 3.63) is 56.3 Å². The first-order valence-corrected chi connectivity index (χ1v) is 6.85. The Kier molecular flexibility index (Phi) is 5.47. The second kappa shape index (κ2) is 7.74. The van der Waals surface area contributed by atoms with Crippen molar-refractivity contribution < 1.29 is 33.3 Å². The van der Waals surface area contributed by atoms with E-state index in [0.29, 0.717) is 0 Å². The predicted molar refractivity (Wildman–Crippen MR) is 83.9 cm³/mol. The van der Waals surface area contributed by atoms with Gasteiger partial charge in [-0.3, -0.25) is 25.0 Å². The highest BCUT2D eigenvalue weighted by Crippen LogP contribution is 2.28. The molecule has 0 spiro atoms. The second-order valence-corrected chi connectivity index (χ2v) is 4.66. The number of carbonyl (C=O) groups excluding carboxylic acids is 2. The van der Waals surface area contributed by atoms with Crippen LogP contribution in [0.5, 0.6) is 5.75 Å². The van der Waals surface area contributed by atoms with Crippen molar-refractivity contribution in [2.45, 2.75) is 0 Å². The van der Waals surface area contributed by atoms with Crippen LogP contribution in [-0.2, 0) is 9.53 Å². The number of hydrogen-bond acceptors (Lipinski definition) is 9. The highest BCUT2D eigenvalue weighted by Gasteiger charge is 2.20. The summed E-state index contributed by atoms with van der Waals surface area (Å²) in [5.74, 6) is -2.86. The number of amides is 1. The normalized spacial score (nSPS) is 10.0. The molecular formula is C14H11N3O9. The number of nitro benzene ring substituents is 1. The third kappa shape index (κ3) is 4.31. The maximum Gasteiger partial charge on any atom is 0.433 e. The Hall–Kier alpha value is -3.96. The van der Waals surface area contributed by atoms with Crippen LogP contribution in [0.3, 0.4) is 0 Å². The third-order valence-corrected chi connectivity index (χ3v) is 2.98. The fourth-order valence-corrected chi connectivity index (χ4v) is 1.82. The fraction of sp³-hybridized carbons (Fsp3) is 0.143. The molecule has 12 heteroatoms. The maximum atomic E-state index is 11.8. The Bertz CT molecular complexity index is 874. The van der Waals surface area contributed by atoms with Crippen molar-refractivity contribution in [3.63, 3.8) is 0 Å². The topological polar surface area (TPSA) is 164 Å². The Morgan fingerprint density at radius 2 is 1.88 bits per heavy atom. The van der Waals surface area contributed by atoms with E-state index in [4.69, 9.17) is 4.74 Å². The largest absolute Gasteiger partial charge is 0.494 e. The number of nitrogens with zero attached hydrogens (tertiary/aromatic N) is 2. The molecule has 0 aliphatic carbocycles. The van der Waals surface area contributed by atoms with Gasteiger partial charge in [-0.05, 0) is 12.1 Å². The van der Waals surface area contributed by atoms with Crippen molar-refractivity contribution in [3.8, 4) is 5.75 Å². The SMILES string of the molecule is COc1cc([N+](=O)[O-])ccc1NC(=O)COC(=O)c1ccc([N+](=O)[O-])o1. The van der Waals surface area contributed by atoms with Gasteiger partial charge in [0.05, 0.1) is 29.9 Å². The quantitative estimate of drug-likeness (QED) is 0.438. The van der Waals surface area contributed by atoms with E-state index in [0.717, 1.165) is 24.3 Å². The number of carbonyl (C=O) groups is 2. The molecule has 0 aliphatic heterocycles. The van der Waals surface area contributed by atoms with E-state index in [1.807, 2.05) is 0 Å². The van der Waals surface area contributed by atoms with Gasteiger partial charge in [0.15, 0.2) is 6.61 Å². The minimum atomic E-state index is -1.07. The van der Waals surface area contributed by atoms with E-state index < -0.39 is 40.0 Å². The molecule has 1 heterocycles. The Labute approximate surface area is 144 Å². The molecule has 136 valence electrons. The summed E-state index contributed by atoms with van der Waals surface area (Å²) in [6, 6.07) is 5.54. The summed E-state index contributed by atoms with van der Waals surface area (Å²) in [6.45, 7) is -0.715. The standard InChI is InChI=1S/C14H11N3O9/c1-24-11-6-8(16(20)21)2-3-9(11)15-12(18)7-25-14(19)10-4-5-13(26-10)17(22)23/h2-6H,7H2,1H3,(H,15,18). The lowest BCUT2D eigenvalue weighted by Crippen LogP contribution is -2.21. The molecule has 2 rings (SSSR count). The lowest BCUT2D eigenvalue weighted by molar-refractivity contribution is -0.402. The van der Waals surface area contributed by atoms with Gasteiger partial charge in [0, 0.05) is 6.07 Å². The van der Waals surface area contributed by atoms with Crippen LogP contribution in [0.4, 0.5) is 17.3 Å². The van der Waals surface area contributed by atoms with Crippen LogP contribution in [0.25, 0.3) is 0 Å². The molecule has 12 nitrogen and oxygen atoms in total. The lowest BCUT2D eigenvalue weighted by atomic mass is 10.2. The van der Waals surface area contributed by atoms with Crippen molar-refractivity contribution in [1.82, 2.24) is 0 Å². The number of hydrogen-bond donors (Lipinski definition) is 1. The van der Waals surface area contributed by atoms with Crippen LogP contribution in [0.1, 0.15) is 10.6 Å². The van der Waals surface area contributed by atoms with Gasteiger partial charge in [-0.2, -0.15) is 0 Å². The average Bonchev–Trinajstić information content (AvgIpc) is 3.10. The number of nitrogens with one attached hydrogen (secondary N) is 1. The van der Waals surface area contributed by atoms with Crippen LogP contribution in [0, 0.1) is 20.2 Å². The number of methoxy groups -OCH3 is 1. The number of ether oxygens (including phenoxy) is 2. The highest BCUT2D eigenvalue weighted by molar-refractivity contribution is 5.95. The zero-order chi connectivity index (χ0) is 19.3. The monoisotopic (exact) mass is 365 g/mol. The molecule has 1 N–H and O–H groups in total. The number of benzene rings is 1. The Morgan fingerprint density at radius 1 is 1.15 bits per heavy atom. The molecule has 1 aromatic heterocycles. The van der Waals surface area contributed by atoms with Crippen molar-refractivity contribution in [2.75, 3.05) is 19.0 Å². The van der Waals surface area contributed by atoms with E-state index in [1.54, 1.807) is 0 Å². The average molecular weight is 365 g/mol. The van der Waals surface area contributed by atoms with Crippen LogP contribution in [0.2, 0.25) is 0 Å². The first-order valence-electron chi connectivity index (χ1n) is 6.85. The van der Waals surface area contributed by atoms with Crippen LogP contribution < -0.4 is 10.1 Å². The molecule has 2 aromatic rings. The minimum absolute atomic E-state index is 0.0422. The summed E-state index contributed by atoms with van der Waals surface area (Å²) in [5.41, 5.74) is -0.0986. The fourth-order valence-electron chi connectivity index (χ4n) is 1.82. The van der Waals surface area contributed by atoms with Crippen molar-refractivity contribution >= 4 is 29.1 Å². The molecule has 0 bridgehead atoms. The number of esters is 1. The van der Waals surface area contributed by atoms with Gasteiger partial charge in [-0.15, -0.1) is 0 Å². The molecule has 1 amide bonds. The van der Waals surface area contributed by atoms with Gasteiger partial charge >= 0.3 is 11.9 Å². The Morgan fingerprint density at radius 3 is 2.46 bits per heavy atom. The molecule has 26 heavy (non-hydrogen) atoms. The van der Waals surface area contributed by atoms with E-state index in [9.17, 15) is 29.8 Å². The van der Waals surface area contributed by atoms with Gasteiger partial charge in [-0.25, -0.2) is 4.79 Å². The highest BCUT2D eigenvalue weighted by atomic mass is 16.7. The number of furan rings is 1. The molecule has 0 aliphatic rings. The first-order chi connectivity index (χ1) is 12.3. The summed E-state index contributed by atoms with van der Waals surface area (Å²) in [6.07, 6.45) is 0. The van der Waals surface area contributed by atoms with Gasteiger partial charge in [0.1, 0.15) is 10.7 Å². The number of rotatable bonds is 7. The van der Waals surface area contributed by atoms with E-state index in [2.05, 4.69) is 14.5 Å². The van der Waals surface area contributed by atoms with E-state index >= 15 is 0 Å². The van der Waals surface area contributed by atoms with E-state index in [1.165, 1.54) is 13.2 Å². The van der Waals surface area contributed by atoms with Crippen LogP contribution in [-0.4, -0.2) is 35.4 Å². The van der Waals surface area contributed by atoms with Gasteiger partial charge in [0.2, 0.25) is 5.76 Å². The summed E-state index contributed by atoms with van der Waals surface area (Å²) in [4.78, 5) is 43.2. The summed E-state index contributed by atoms with van der Waals surface area (Å²) in [5, 5.41) is 23.5.